The molecule has 30 unspecified atom stereocenters. The van der Waals surface area contributed by atoms with Gasteiger partial charge in [0.25, 0.3) is 0 Å². The number of carbonyl (C=O) groups excluding carboxylic acids is 2. The Morgan fingerprint density at radius 3 is 1.12 bits per heavy atom. The quantitative estimate of drug-likeness (QED) is 0.0266. The molecule has 101 heavy (non-hydrogen) atoms. The summed E-state index contributed by atoms with van der Waals surface area (Å²) in [5.41, 5.74) is 5.55. The number of ether oxygens (including phenoxy) is 16. The third-order valence-corrected chi connectivity index (χ3v) is 18.5. The van der Waals surface area contributed by atoms with Gasteiger partial charge in [0.1, 0.15) is 195 Å². The van der Waals surface area contributed by atoms with E-state index in [4.69, 9.17) is 81.5 Å². The van der Waals surface area contributed by atoms with Crippen LogP contribution in [-0.2, 0) is 85.4 Å². The second kappa shape index (κ2) is 37.9. The molecule has 0 saturated carbocycles. The van der Waals surface area contributed by atoms with Crippen molar-refractivity contribution in [2.45, 2.75) is 279 Å². The van der Waals surface area contributed by atoms with Gasteiger partial charge in [-0.25, -0.2) is 0 Å². The first kappa shape index (κ1) is 84.0. The molecule has 0 aliphatic carbocycles. The fourth-order valence-corrected chi connectivity index (χ4v) is 13.1. The largest absolute Gasteiger partial charge is 0.394 e. The predicted octanol–water partition coefficient (Wildman–Crippen LogP) is -17.0. The minimum atomic E-state index is -2.30. The molecule has 8 fully saturated rings. The van der Waals surface area contributed by atoms with Crippen LogP contribution in [-0.4, -0.2) is 441 Å². The molecule has 44 heteroatoms. The third kappa shape index (κ3) is 18.9. The van der Waals surface area contributed by atoms with Crippen LogP contribution >= 0.6 is 0 Å². The van der Waals surface area contributed by atoms with Gasteiger partial charge >= 0.3 is 0 Å². The third-order valence-electron chi connectivity index (χ3n) is 18.5. The van der Waals surface area contributed by atoms with Gasteiger partial charge in [0.05, 0.1) is 52.9 Å². The molecular weight excluding hydrogens is 1380 g/mol. The zero-order valence-electron chi connectivity index (χ0n) is 54.5. The maximum absolute atomic E-state index is 13.0. The lowest BCUT2D eigenvalue weighted by atomic mass is 9.95. The van der Waals surface area contributed by atoms with Gasteiger partial charge in [-0.2, -0.15) is 0 Å². The molecule has 8 rings (SSSR count). The second-order valence-electron chi connectivity index (χ2n) is 25.5. The Balaban J connectivity index is 0.978. The van der Waals surface area contributed by atoms with E-state index in [0.717, 1.165) is 13.8 Å². The van der Waals surface area contributed by atoms with E-state index >= 15 is 0 Å². The SMILES string of the molecule is CC(=O)NC1C(O[C@H](CO)[C@@H]2O[C@@H](OC3C(O)C(CO)OC(OC4C(O)C(OC5C(O)C(CO)OC(OC6C(O)C(OC7C(O)C(CO)OC(OCCCCCN)C7O)OC6[C@H](O)CO)C5O)OC4[C@H](O)CO)C3NC(C)=O)C(O)[C@@H]2O)OC(CO)C(O)C1O[C@@H]1O[C@@H]([C@H](O)CO)[C@@H](O)C1O. The van der Waals surface area contributed by atoms with Crippen LogP contribution in [0.3, 0.4) is 0 Å². The Hall–Kier alpha value is -2.66. The molecule has 0 radical (unpaired) electrons. The fourth-order valence-electron chi connectivity index (χ4n) is 13.1. The summed E-state index contributed by atoms with van der Waals surface area (Å²) in [4.78, 5) is 25.7. The Bertz CT molecular complexity index is 2500. The van der Waals surface area contributed by atoms with Crippen LogP contribution in [0.1, 0.15) is 33.1 Å². The van der Waals surface area contributed by atoms with Gasteiger partial charge < -0.3 is 210 Å². The molecule has 8 saturated heterocycles. The van der Waals surface area contributed by atoms with Crippen molar-refractivity contribution in [3.63, 3.8) is 0 Å². The van der Waals surface area contributed by atoms with Crippen LogP contribution in [0.4, 0.5) is 0 Å². The number of rotatable bonds is 34. The summed E-state index contributed by atoms with van der Waals surface area (Å²) in [7, 11) is 0. The minimum Gasteiger partial charge on any atom is -0.394 e. The molecule has 27 N–H and O–H groups in total. The lowest BCUT2D eigenvalue weighted by Crippen LogP contribution is -2.67. The number of nitrogens with two attached hydrogens (primary N) is 1. The van der Waals surface area contributed by atoms with Crippen molar-refractivity contribution < 1.29 is 203 Å². The number of aliphatic hydroxyl groups is 23. The Morgan fingerprint density at radius 2 is 0.683 bits per heavy atom. The average Bonchev–Trinajstić information content (AvgIpc) is 1.75. The number of hydrogen-bond donors (Lipinski definition) is 26. The van der Waals surface area contributed by atoms with Crippen molar-refractivity contribution >= 4 is 11.8 Å². The zero-order valence-corrected chi connectivity index (χ0v) is 54.5. The summed E-state index contributed by atoms with van der Waals surface area (Å²) in [6.07, 6.45) is -71.9. The van der Waals surface area contributed by atoms with E-state index in [9.17, 15) is 127 Å². The summed E-state index contributed by atoms with van der Waals surface area (Å²) in [6, 6.07) is -3.60. The monoisotopic (exact) mass is 1480 g/mol. The Kier molecular flexibility index (Phi) is 31.5. The van der Waals surface area contributed by atoms with Crippen molar-refractivity contribution in [2.75, 3.05) is 66.0 Å². The van der Waals surface area contributed by atoms with Crippen LogP contribution < -0.4 is 16.4 Å². The average molecular weight is 1480 g/mol. The highest BCUT2D eigenvalue weighted by Gasteiger charge is 2.61. The summed E-state index contributed by atoms with van der Waals surface area (Å²) >= 11 is 0. The molecule has 0 aromatic rings. The lowest BCUT2D eigenvalue weighted by molar-refractivity contribution is -0.344. The zero-order chi connectivity index (χ0) is 74.2. The molecule has 8 heterocycles. The number of unbranched alkanes of at least 4 members (excludes halogenated alkanes) is 2. The molecule has 2 amide bonds. The van der Waals surface area contributed by atoms with Crippen molar-refractivity contribution in [1.29, 1.82) is 0 Å². The van der Waals surface area contributed by atoms with Gasteiger partial charge in [-0.15, -0.1) is 0 Å². The number of carbonyl (C=O) groups is 2. The van der Waals surface area contributed by atoms with E-state index < -0.39 is 310 Å². The Labute approximate surface area is 574 Å². The van der Waals surface area contributed by atoms with Gasteiger partial charge in [-0.3, -0.25) is 9.59 Å². The second-order valence-corrected chi connectivity index (χ2v) is 25.5. The van der Waals surface area contributed by atoms with Gasteiger partial charge in [0.2, 0.25) is 11.8 Å². The maximum atomic E-state index is 13.0. The van der Waals surface area contributed by atoms with Crippen molar-refractivity contribution in [1.82, 2.24) is 10.6 Å². The van der Waals surface area contributed by atoms with E-state index in [-0.39, 0.29) is 6.61 Å². The molecule has 8 aliphatic heterocycles. The molecule has 40 atom stereocenters. The predicted molar refractivity (Wildman–Crippen MR) is 314 cm³/mol. The highest BCUT2D eigenvalue weighted by molar-refractivity contribution is 5.73. The smallest absolute Gasteiger partial charge is 0.217 e. The fraction of sp³-hybridized carbons (Fsp3) is 0.965. The van der Waals surface area contributed by atoms with Crippen molar-refractivity contribution in [2.24, 2.45) is 5.73 Å². The normalized spacial score (nSPS) is 46.4. The van der Waals surface area contributed by atoms with Gasteiger partial charge in [-0.05, 0) is 25.8 Å². The number of nitrogens with one attached hydrogen (secondary N) is 2. The summed E-state index contributed by atoms with van der Waals surface area (Å²) < 4.78 is 93.2. The van der Waals surface area contributed by atoms with E-state index in [2.05, 4.69) is 10.6 Å². The highest BCUT2D eigenvalue weighted by Crippen LogP contribution is 2.40. The van der Waals surface area contributed by atoms with E-state index in [1.165, 1.54) is 0 Å². The molecule has 588 valence electrons. The Morgan fingerprint density at radius 1 is 0.356 bits per heavy atom. The van der Waals surface area contributed by atoms with Crippen LogP contribution in [0.2, 0.25) is 0 Å². The van der Waals surface area contributed by atoms with Crippen molar-refractivity contribution in [3.8, 4) is 0 Å². The summed E-state index contributed by atoms with van der Waals surface area (Å²) in [5, 5.41) is 256. The molecule has 0 aromatic heterocycles. The van der Waals surface area contributed by atoms with E-state index in [1.54, 1.807) is 0 Å². The van der Waals surface area contributed by atoms with E-state index in [0.29, 0.717) is 25.8 Å². The summed E-state index contributed by atoms with van der Waals surface area (Å²) in [6.45, 7) is -5.88. The lowest BCUT2D eigenvalue weighted by Gasteiger charge is -2.46. The van der Waals surface area contributed by atoms with Crippen molar-refractivity contribution in [3.05, 3.63) is 0 Å². The molecule has 44 nitrogen and oxygen atoms in total. The maximum Gasteiger partial charge on any atom is 0.217 e. The molecular formula is C57H99N3O41. The van der Waals surface area contributed by atoms with Crippen LogP contribution in [0, 0.1) is 0 Å². The molecule has 0 spiro atoms. The van der Waals surface area contributed by atoms with Gasteiger partial charge in [0, 0.05) is 20.5 Å². The number of hydrogen-bond acceptors (Lipinski definition) is 42. The number of amides is 2. The van der Waals surface area contributed by atoms with E-state index in [1.807, 2.05) is 0 Å². The van der Waals surface area contributed by atoms with Gasteiger partial charge in [0.15, 0.2) is 50.3 Å². The molecule has 0 aromatic carbocycles. The topological polar surface area (TPSA) is 697 Å². The van der Waals surface area contributed by atoms with Gasteiger partial charge in [-0.1, -0.05) is 0 Å². The van der Waals surface area contributed by atoms with Crippen LogP contribution in [0.25, 0.3) is 0 Å². The summed E-state index contributed by atoms with van der Waals surface area (Å²) in [5.74, 6) is -1.77. The molecule has 8 aliphatic rings. The first-order valence-electron chi connectivity index (χ1n) is 32.8. The minimum absolute atomic E-state index is 0.0368. The highest BCUT2D eigenvalue weighted by atomic mass is 16.8. The standard InChI is InChI=1S/C57H99N3O41/c1-16(69)59-26-44(96-53-34(80)32(78)40(92-53)18(71)8-61)28(74)21(11-64)87-50(26)91-25(15-68)43-33(79)35(81)54(95-43)97-45-27(60-17(2)70)51(88-22(12-65)29(45)75)100-48-38(84)56(93-41(48)19(72)9-62)99-47-31(77)24(14-67)90-55(37(47)83)101-49-39(85)57(94-42(49)20(73)10-63)98-46-30(76)23(13-66)89-52(36(46)82)86-7-5-3-4-6-58/h18-57,61-68,71-85H,3-15,58H2,1-2H3,(H,59,69)(H,60,70)/t18-,19-,20-,21?,22?,23?,24?,25-,26?,27?,28?,29?,30?,31?,32+,33+,34?,35?,36?,37?,38?,39?,40+,41?,42?,43+,44?,45?,46?,47?,48?,49?,50?,51?,52?,53+,54+,55?,56?,57?/m1/s1. The van der Waals surface area contributed by atoms with Crippen LogP contribution in [0.5, 0.6) is 0 Å². The number of aliphatic hydroxyl groups excluding tert-OH is 23. The first-order valence-corrected chi connectivity index (χ1v) is 32.8. The van der Waals surface area contributed by atoms with Crippen LogP contribution in [0.15, 0.2) is 0 Å². The first-order chi connectivity index (χ1) is 48.1. The molecule has 0 bridgehead atoms.